The number of carbonyl (C=O) groups is 1. The largest absolute Gasteiger partial charge is 0.493 e. The molecular weight excluding hydrogens is 282 g/mol. The monoisotopic (exact) mass is 307 g/mol. The SMILES string of the molecule is CCCCOc1ccc(/C=C/C(=O)NCCOC)cc1OC. The van der Waals surface area contributed by atoms with Gasteiger partial charge in [0.2, 0.25) is 5.91 Å². The number of carbonyl (C=O) groups excluding carboxylic acids is 1. The second-order valence-electron chi connectivity index (χ2n) is 4.73. The van der Waals surface area contributed by atoms with E-state index in [0.29, 0.717) is 25.5 Å². The Morgan fingerprint density at radius 1 is 1.23 bits per heavy atom. The summed E-state index contributed by atoms with van der Waals surface area (Å²) in [6.45, 7) is 3.78. The summed E-state index contributed by atoms with van der Waals surface area (Å²) in [5, 5.41) is 2.72. The van der Waals surface area contributed by atoms with Crippen LogP contribution in [0.5, 0.6) is 11.5 Å². The van der Waals surface area contributed by atoms with Gasteiger partial charge in [-0.1, -0.05) is 19.4 Å². The molecule has 0 spiro atoms. The molecule has 0 radical (unpaired) electrons. The first-order valence-electron chi connectivity index (χ1n) is 7.47. The van der Waals surface area contributed by atoms with E-state index < -0.39 is 0 Å². The van der Waals surface area contributed by atoms with Crippen LogP contribution < -0.4 is 14.8 Å². The van der Waals surface area contributed by atoms with Gasteiger partial charge in [0.15, 0.2) is 11.5 Å². The van der Waals surface area contributed by atoms with Crippen molar-refractivity contribution in [3.63, 3.8) is 0 Å². The van der Waals surface area contributed by atoms with Crippen molar-refractivity contribution in [2.24, 2.45) is 0 Å². The summed E-state index contributed by atoms with van der Waals surface area (Å²) in [5.74, 6) is 1.23. The molecular formula is C17H25NO4. The second-order valence-corrected chi connectivity index (χ2v) is 4.73. The van der Waals surface area contributed by atoms with Crippen LogP contribution in [0.15, 0.2) is 24.3 Å². The smallest absolute Gasteiger partial charge is 0.244 e. The van der Waals surface area contributed by atoms with E-state index in [1.54, 1.807) is 20.3 Å². The van der Waals surface area contributed by atoms with Crippen LogP contribution in [0.2, 0.25) is 0 Å². The molecule has 0 saturated carbocycles. The third-order valence-corrected chi connectivity index (χ3v) is 2.98. The average molecular weight is 307 g/mol. The van der Waals surface area contributed by atoms with E-state index in [2.05, 4.69) is 12.2 Å². The molecule has 5 heteroatoms. The molecule has 0 bridgehead atoms. The van der Waals surface area contributed by atoms with Gasteiger partial charge in [0.25, 0.3) is 0 Å². The lowest BCUT2D eigenvalue weighted by atomic mass is 10.2. The van der Waals surface area contributed by atoms with Crippen LogP contribution in [0.3, 0.4) is 0 Å². The number of hydrogen-bond donors (Lipinski definition) is 1. The van der Waals surface area contributed by atoms with Crippen molar-refractivity contribution >= 4 is 12.0 Å². The molecule has 0 atom stereocenters. The Morgan fingerprint density at radius 2 is 2.05 bits per heavy atom. The normalized spacial score (nSPS) is 10.7. The van der Waals surface area contributed by atoms with E-state index >= 15 is 0 Å². The van der Waals surface area contributed by atoms with Crippen molar-refractivity contribution in [2.45, 2.75) is 19.8 Å². The average Bonchev–Trinajstić information content (AvgIpc) is 2.54. The molecule has 122 valence electrons. The van der Waals surface area contributed by atoms with Crippen LogP contribution in [0, 0.1) is 0 Å². The first kappa shape index (κ1) is 18.0. The number of methoxy groups -OCH3 is 2. The van der Waals surface area contributed by atoms with Gasteiger partial charge in [0, 0.05) is 19.7 Å². The molecule has 0 aliphatic heterocycles. The lowest BCUT2D eigenvalue weighted by Gasteiger charge is -2.10. The van der Waals surface area contributed by atoms with E-state index in [-0.39, 0.29) is 5.91 Å². The van der Waals surface area contributed by atoms with E-state index in [0.717, 1.165) is 24.2 Å². The van der Waals surface area contributed by atoms with Crippen molar-refractivity contribution < 1.29 is 19.0 Å². The quantitative estimate of drug-likeness (QED) is 0.533. The number of unbranched alkanes of at least 4 members (excludes halogenated alkanes) is 1. The third-order valence-electron chi connectivity index (χ3n) is 2.98. The fourth-order valence-corrected chi connectivity index (χ4v) is 1.74. The molecule has 0 aromatic heterocycles. The first-order chi connectivity index (χ1) is 10.7. The summed E-state index contributed by atoms with van der Waals surface area (Å²) in [7, 11) is 3.20. The van der Waals surface area contributed by atoms with Crippen molar-refractivity contribution in [3.8, 4) is 11.5 Å². The molecule has 1 rings (SSSR count). The number of amides is 1. The van der Waals surface area contributed by atoms with Crippen LogP contribution >= 0.6 is 0 Å². The number of ether oxygens (including phenoxy) is 3. The lowest BCUT2D eigenvalue weighted by Crippen LogP contribution is -2.24. The second kappa shape index (κ2) is 10.7. The van der Waals surface area contributed by atoms with Crippen LogP contribution in [0.4, 0.5) is 0 Å². The maximum Gasteiger partial charge on any atom is 0.244 e. The molecule has 1 amide bonds. The predicted octanol–water partition coefficient (Wildman–Crippen LogP) is 2.65. The number of rotatable bonds is 10. The molecule has 1 aromatic rings. The van der Waals surface area contributed by atoms with Gasteiger partial charge in [0.1, 0.15) is 0 Å². The molecule has 0 unspecified atom stereocenters. The Bertz CT molecular complexity index is 486. The predicted molar refractivity (Wildman–Crippen MR) is 87.3 cm³/mol. The summed E-state index contributed by atoms with van der Waals surface area (Å²) < 4.78 is 15.9. The van der Waals surface area contributed by atoms with E-state index in [1.807, 2.05) is 18.2 Å². The molecule has 1 N–H and O–H groups in total. The standard InChI is InChI=1S/C17H25NO4/c1-4-5-11-22-15-8-6-14(13-16(15)21-3)7-9-17(19)18-10-12-20-2/h6-9,13H,4-5,10-12H2,1-3H3,(H,18,19)/b9-7+. The van der Waals surface area contributed by atoms with Gasteiger partial charge in [0.05, 0.1) is 20.3 Å². The fourth-order valence-electron chi connectivity index (χ4n) is 1.74. The van der Waals surface area contributed by atoms with Crippen LogP contribution in [0.25, 0.3) is 6.08 Å². The topological polar surface area (TPSA) is 56.8 Å². The Hall–Kier alpha value is -2.01. The van der Waals surface area contributed by atoms with E-state index in [4.69, 9.17) is 14.2 Å². The van der Waals surface area contributed by atoms with E-state index in [1.165, 1.54) is 6.08 Å². The van der Waals surface area contributed by atoms with Gasteiger partial charge in [-0.3, -0.25) is 4.79 Å². The van der Waals surface area contributed by atoms with E-state index in [9.17, 15) is 4.79 Å². The highest BCUT2D eigenvalue weighted by Crippen LogP contribution is 2.28. The zero-order chi connectivity index (χ0) is 16.2. The van der Waals surface area contributed by atoms with Gasteiger partial charge >= 0.3 is 0 Å². The molecule has 5 nitrogen and oxygen atoms in total. The maximum atomic E-state index is 11.6. The van der Waals surface area contributed by atoms with Crippen molar-refractivity contribution in [1.82, 2.24) is 5.32 Å². The van der Waals surface area contributed by atoms with Crippen LogP contribution in [0.1, 0.15) is 25.3 Å². The van der Waals surface area contributed by atoms with Gasteiger partial charge in [-0.2, -0.15) is 0 Å². The summed E-state index contributed by atoms with van der Waals surface area (Å²) in [5.41, 5.74) is 0.876. The van der Waals surface area contributed by atoms with Crippen LogP contribution in [-0.2, 0) is 9.53 Å². The highest BCUT2D eigenvalue weighted by atomic mass is 16.5. The van der Waals surface area contributed by atoms with Crippen molar-refractivity contribution in [3.05, 3.63) is 29.8 Å². The zero-order valence-corrected chi connectivity index (χ0v) is 13.6. The summed E-state index contributed by atoms with van der Waals surface area (Å²) >= 11 is 0. The molecule has 1 aromatic carbocycles. The minimum absolute atomic E-state index is 0.153. The number of nitrogens with one attached hydrogen (secondary N) is 1. The Kier molecular flexibility index (Phi) is 8.76. The molecule has 0 saturated heterocycles. The lowest BCUT2D eigenvalue weighted by molar-refractivity contribution is -0.116. The molecule has 0 heterocycles. The minimum atomic E-state index is -0.153. The fraction of sp³-hybridized carbons (Fsp3) is 0.471. The molecule has 0 fully saturated rings. The first-order valence-corrected chi connectivity index (χ1v) is 7.47. The molecule has 0 aliphatic carbocycles. The maximum absolute atomic E-state index is 11.6. The van der Waals surface area contributed by atoms with Gasteiger partial charge in [-0.05, 0) is 30.2 Å². The van der Waals surface area contributed by atoms with Gasteiger partial charge in [-0.25, -0.2) is 0 Å². The molecule has 0 aliphatic rings. The Morgan fingerprint density at radius 3 is 2.73 bits per heavy atom. The summed E-state index contributed by atoms with van der Waals surface area (Å²) in [6, 6.07) is 5.60. The van der Waals surface area contributed by atoms with Gasteiger partial charge in [-0.15, -0.1) is 0 Å². The highest BCUT2D eigenvalue weighted by molar-refractivity contribution is 5.91. The van der Waals surface area contributed by atoms with Crippen LogP contribution in [-0.4, -0.2) is 39.9 Å². The zero-order valence-electron chi connectivity index (χ0n) is 13.6. The van der Waals surface area contributed by atoms with Crippen molar-refractivity contribution in [2.75, 3.05) is 34.0 Å². The minimum Gasteiger partial charge on any atom is -0.493 e. The Balaban J connectivity index is 2.62. The van der Waals surface area contributed by atoms with Crippen molar-refractivity contribution in [1.29, 1.82) is 0 Å². The van der Waals surface area contributed by atoms with Gasteiger partial charge < -0.3 is 19.5 Å². The Labute approximate surface area is 132 Å². The summed E-state index contributed by atoms with van der Waals surface area (Å²) in [4.78, 5) is 11.6. The number of benzene rings is 1. The third kappa shape index (κ3) is 6.63. The molecule has 22 heavy (non-hydrogen) atoms. The summed E-state index contributed by atoms with van der Waals surface area (Å²) in [6.07, 6.45) is 5.32. The highest BCUT2D eigenvalue weighted by Gasteiger charge is 2.04. The number of hydrogen-bond acceptors (Lipinski definition) is 4.